The monoisotopic (exact) mass is 301 g/mol. The molecular formula is C17H23N3O2. The van der Waals surface area contributed by atoms with Crippen LogP contribution in [0.15, 0.2) is 24.4 Å². The highest BCUT2D eigenvalue weighted by molar-refractivity contribution is 5.78. The molecule has 3 heterocycles. The van der Waals surface area contributed by atoms with Crippen molar-refractivity contribution in [1.82, 2.24) is 15.2 Å². The molecule has 3 fully saturated rings. The Kier molecular flexibility index (Phi) is 3.42. The van der Waals surface area contributed by atoms with E-state index in [1.807, 2.05) is 18.2 Å². The van der Waals surface area contributed by atoms with Gasteiger partial charge in [-0.1, -0.05) is 6.07 Å². The van der Waals surface area contributed by atoms with Crippen LogP contribution in [0, 0.1) is 0 Å². The summed E-state index contributed by atoms with van der Waals surface area (Å²) in [6, 6.07) is 6.71. The third kappa shape index (κ3) is 2.63. The van der Waals surface area contributed by atoms with Crippen LogP contribution in [-0.2, 0) is 10.4 Å². The minimum atomic E-state index is -0.837. The van der Waals surface area contributed by atoms with Crippen LogP contribution in [0.5, 0.6) is 0 Å². The number of hydrogen-bond donors (Lipinski definition) is 2. The van der Waals surface area contributed by atoms with Gasteiger partial charge in [-0.3, -0.25) is 14.7 Å². The largest absolute Gasteiger partial charge is 0.383 e. The van der Waals surface area contributed by atoms with Crippen molar-refractivity contribution in [2.75, 3.05) is 6.54 Å². The fraction of sp³-hybridized carbons (Fsp3) is 0.647. The van der Waals surface area contributed by atoms with Crippen LogP contribution in [-0.4, -0.2) is 45.6 Å². The zero-order valence-corrected chi connectivity index (χ0v) is 12.7. The number of carbonyl (C=O) groups is 1. The van der Waals surface area contributed by atoms with E-state index in [0.29, 0.717) is 25.4 Å². The molecule has 118 valence electrons. The van der Waals surface area contributed by atoms with E-state index in [4.69, 9.17) is 0 Å². The molecule has 4 rings (SSSR count). The molecule has 0 unspecified atom stereocenters. The van der Waals surface area contributed by atoms with Gasteiger partial charge in [0.1, 0.15) is 5.60 Å². The van der Waals surface area contributed by atoms with Gasteiger partial charge in [0.25, 0.3) is 0 Å². The van der Waals surface area contributed by atoms with Crippen LogP contribution < -0.4 is 5.32 Å². The summed E-state index contributed by atoms with van der Waals surface area (Å²) in [5, 5.41) is 14.1. The number of nitrogens with zero attached hydrogens (tertiary/aromatic N) is 2. The van der Waals surface area contributed by atoms with Crippen molar-refractivity contribution in [3.63, 3.8) is 0 Å². The Balaban J connectivity index is 1.46. The third-order valence-corrected chi connectivity index (χ3v) is 5.33. The summed E-state index contributed by atoms with van der Waals surface area (Å²) in [5.41, 5.74) is -0.0645. The van der Waals surface area contributed by atoms with Crippen molar-refractivity contribution in [3.05, 3.63) is 30.1 Å². The molecule has 1 amide bonds. The van der Waals surface area contributed by atoms with Gasteiger partial charge in [-0.05, 0) is 50.7 Å². The van der Waals surface area contributed by atoms with Gasteiger partial charge < -0.3 is 10.4 Å². The lowest BCUT2D eigenvalue weighted by Gasteiger charge is -2.43. The van der Waals surface area contributed by atoms with Crippen molar-refractivity contribution in [1.29, 1.82) is 0 Å². The van der Waals surface area contributed by atoms with Gasteiger partial charge >= 0.3 is 0 Å². The number of aromatic nitrogens is 1. The molecule has 1 aliphatic carbocycles. The first-order valence-corrected chi connectivity index (χ1v) is 8.33. The summed E-state index contributed by atoms with van der Waals surface area (Å²) < 4.78 is 0. The number of aliphatic hydroxyl groups is 1. The van der Waals surface area contributed by atoms with Crippen LogP contribution in [0.2, 0.25) is 0 Å². The van der Waals surface area contributed by atoms with Gasteiger partial charge in [-0.25, -0.2) is 0 Å². The minimum absolute atomic E-state index is 0.141. The molecule has 1 aromatic rings. The second-order valence-electron chi connectivity index (χ2n) is 7.05. The summed E-state index contributed by atoms with van der Waals surface area (Å²) >= 11 is 0. The Morgan fingerprint density at radius 1 is 1.27 bits per heavy atom. The van der Waals surface area contributed by atoms with Gasteiger partial charge in [-0.15, -0.1) is 0 Å². The Labute approximate surface area is 130 Å². The van der Waals surface area contributed by atoms with E-state index in [-0.39, 0.29) is 18.0 Å². The first-order chi connectivity index (χ1) is 10.6. The standard InChI is InChI=1S/C17H23N3O2/c21-16(19-12-4-5-12)11-20-13-6-7-14(20)10-17(22,9-13)15-3-1-2-8-18-15/h1-3,8,12-14,22H,4-7,9-11H2,(H,19,21)/t13-,14-/m1/s1. The predicted octanol–water partition coefficient (Wildman–Crippen LogP) is 1.17. The highest BCUT2D eigenvalue weighted by Gasteiger charge is 2.49. The predicted molar refractivity (Wildman–Crippen MR) is 82.0 cm³/mol. The van der Waals surface area contributed by atoms with E-state index in [1.165, 1.54) is 0 Å². The summed E-state index contributed by atoms with van der Waals surface area (Å²) in [6.07, 6.45) is 7.47. The molecule has 1 saturated carbocycles. The van der Waals surface area contributed by atoms with Gasteiger partial charge in [0, 0.05) is 24.3 Å². The Morgan fingerprint density at radius 3 is 2.59 bits per heavy atom. The number of carbonyl (C=O) groups excluding carboxylic acids is 1. The molecule has 22 heavy (non-hydrogen) atoms. The Morgan fingerprint density at radius 2 is 2.00 bits per heavy atom. The molecule has 0 radical (unpaired) electrons. The summed E-state index contributed by atoms with van der Waals surface area (Å²) in [6.45, 7) is 0.476. The van der Waals surface area contributed by atoms with Crippen LogP contribution in [0.4, 0.5) is 0 Å². The van der Waals surface area contributed by atoms with Gasteiger partial charge in [-0.2, -0.15) is 0 Å². The molecule has 2 N–H and O–H groups in total. The fourth-order valence-corrected chi connectivity index (χ4v) is 4.09. The molecule has 0 spiro atoms. The molecular weight excluding hydrogens is 278 g/mol. The minimum Gasteiger partial charge on any atom is -0.383 e. The number of hydrogen-bond acceptors (Lipinski definition) is 4. The fourth-order valence-electron chi connectivity index (χ4n) is 4.09. The summed E-state index contributed by atoms with van der Waals surface area (Å²) in [7, 11) is 0. The second-order valence-corrected chi connectivity index (χ2v) is 7.05. The van der Waals surface area contributed by atoms with E-state index in [2.05, 4.69) is 15.2 Å². The highest BCUT2D eigenvalue weighted by Crippen LogP contribution is 2.44. The maximum Gasteiger partial charge on any atom is 0.234 e. The molecule has 3 aliphatic rings. The van der Waals surface area contributed by atoms with Gasteiger partial charge in [0.15, 0.2) is 0 Å². The Bertz CT molecular complexity index is 544. The van der Waals surface area contributed by atoms with Crippen molar-refractivity contribution in [2.24, 2.45) is 0 Å². The third-order valence-electron chi connectivity index (χ3n) is 5.33. The molecule has 2 bridgehead atoms. The second kappa shape index (κ2) is 5.32. The molecule has 0 aromatic carbocycles. The lowest BCUT2D eigenvalue weighted by molar-refractivity contribution is -0.126. The van der Waals surface area contributed by atoms with E-state index >= 15 is 0 Å². The summed E-state index contributed by atoms with van der Waals surface area (Å²) in [5.74, 6) is 0.141. The zero-order valence-electron chi connectivity index (χ0n) is 12.7. The number of nitrogens with one attached hydrogen (secondary N) is 1. The number of rotatable bonds is 4. The summed E-state index contributed by atoms with van der Waals surface area (Å²) in [4.78, 5) is 18.7. The van der Waals surface area contributed by atoms with Crippen molar-refractivity contribution in [2.45, 2.75) is 62.3 Å². The average molecular weight is 301 g/mol. The normalized spacial score (nSPS) is 34.6. The SMILES string of the molecule is O=C(CN1[C@@H]2CC[C@@H]1CC(O)(c1ccccn1)C2)NC1CC1. The lowest BCUT2D eigenvalue weighted by atomic mass is 9.83. The number of fused-ring (bicyclic) bond motifs is 2. The van der Waals surface area contributed by atoms with Crippen LogP contribution in [0.1, 0.15) is 44.2 Å². The number of piperidine rings is 1. The van der Waals surface area contributed by atoms with Crippen molar-refractivity contribution < 1.29 is 9.90 Å². The van der Waals surface area contributed by atoms with Crippen LogP contribution >= 0.6 is 0 Å². The molecule has 2 aliphatic heterocycles. The molecule has 5 nitrogen and oxygen atoms in total. The van der Waals surface area contributed by atoms with Crippen molar-refractivity contribution in [3.8, 4) is 0 Å². The maximum absolute atomic E-state index is 12.1. The highest BCUT2D eigenvalue weighted by atomic mass is 16.3. The van der Waals surface area contributed by atoms with Gasteiger partial charge in [0.05, 0.1) is 12.2 Å². The first kappa shape index (κ1) is 14.2. The van der Waals surface area contributed by atoms with Crippen LogP contribution in [0.25, 0.3) is 0 Å². The Hall–Kier alpha value is -1.46. The molecule has 5 heteroatoms. The smallest absolute Gasteiger partial charge is 0.234 e. The average Bonchev–Trinajstić information content (AvgIpc) is 3.28. The topological polar surface area (TPSA) is 65.5 Å². The molecule has 2 saturated heterocycles. The van der Waals surface area contributed by atoms with E-state index in [0.717, 1.165) is 31.4 Å². The molecule has 2 atom stereocenters. The number of pyridine rings is 1. The van der Waals surface area contributed by atoms with Crippen LogP contribution in [0.3, 0.4) is 0 Å². The maximum atomic E-state index is 12.1. The van der Waals surface area contributed by atoms with E-state index in [1.54, 1.807) is 6.20 Å². The van der Waals surface area contributed by atoms with Crippen molar-refractivity contribution >= 4 is 5.91 Å². The first-order valence-electron chi connectivity index (χ1n) is 8.33. The van der Waals surface area contributed by atoms with E-state index in [9.17, 15) is 9.90 Å². The number of amides is 1. The zero-order chi connectivity index (χ0) is 15.2. The lowest BCUT2D eigenvalue weighted by Crippen LogP contribution is -2.52. The molecule has 1 aromatic heterocycles. The van der Waals surface area contributed by atoms with Gasteiger partial charge in [0.2, 0.25) is 5.91 Å². The quantitative estimate of drug-likeness (QED) is 0.876. The van der Waals surface area contributed by atoms with E-state index < -0.39 is 5.60 Å².